The third-order valence-electron chi connectivity index (χ3n) is 4.83. The van der Waals surface area contributed by atoms with Crippen LogP contribution < -0.4 is 5.56 Å². The standard InChI is InChI=1S/C17H19N5O3/c1-11-16(12(2)25-19-11)13-5-4-8-21(13)15(23)9-22-17(24)14-6-3-7-20(14)10-18-22/h3,6-7,10,13H,4-5,8-9H2,1-2H3. The van der Waals surface area contributed by atoms with Gasteiger partial charge >= 0.3 is 0 Å². The van der Waals surface area contributed by atoms with E-state index in [9.17, 15) is 9.59 Å². The van der Waals surface area contributed by atoms with Crippen molar-refractivity contribution in [2.45, 2.75) is 39.3 Å². The number of hydrogen-bond acceptors (Lipinski definition) is 5. The summed E-state index contributed by atoms with van der Waals surface area (Å²) in [5, 5.41) is 8.10. The molecule has 8 nitrogen and oxygen atoms in total. The maximum Gasteiger partial charge on any atom is 0.291 e. The van der Waals surface area contributed by atoms with Crippen LogP contribution in [0.5, 0.6) is 0 Å². The second kappa shape index (κ2) is 5.87. The third-order valence-corrected chi connectivity index (χ3v) is 4.83. The molecule has 25 heavy (non-hydrogen) atoms. The average Bonchev–Trinajstić information content (AvgIpc) is 3.30. The summed E-state index contributed by atoms with van der Waals surface area (Å²) in [4.78, 5) is 27.1. The molecule has 1 fully saturated rings. The van der Waals surface area contributed by atoms with Crippen LogP contribution in [0.3, 0.4) is 0 Å². The lowest BCUT2D eigenvalue weighted by Gasteiger charge is -2.24. The zero-order chi connectivity index (χ0) is 17.6. The number of rotatable bonds is 3. The second-order valence-corrected chi connectivity index (χ2v) is 6.38. The molecule has 8 heteroatoms. The van der Waals surface area contributed by atoms with E-state index in [1.54, 1.807) is 29.1 Å². The van der Waals surface area contributed by atoms with Crippen molar-refractivity contribution in [1.82, 2.24) is 24.2 Å². The normalized spacial score (nSPS) is 17.5. The first-order chi connectivity index (χ1) is 12.1. The molecule has 3 aromatic heterocycles. The van der Waals surface area contributed by atoms with Crippen LogP contribution in [0.4, 0.5) is 0 Å². The number of carbonyl (C=O) groups is 1. The van der Waals surface area contributed by atoms with Gasteiger partial charge in [0.2, 0.25) is 5.91 Å². The van der Waals surface area contributed by atoms with Gasteiger partial charge in [0.1, 0.15) is 24.1 Å². The lowest BCUT2D eigenvalue weighted by molar-refractivity contribution is -0.133. The Morgan fingerprint density at radius 1 is 1.40 bits per heavy atom. The SMILES string of the molecule is Cc1noc(C)c1C1CCCN1C(=O)Cn1ncn2cccc2c1=O. The van der Waals surface area contributed by atoms with Gasteiger partial charge in [-0.2, -0.15) is 5.10 Å². The molecule has 1 amide bonds. The lowest BCUT2D eigenvalue weighted by Crippen LogP contribution is -2.37. The van der Waals surface area contributed by atoms with Gasteiger partial charge in [-0.25, -0.2) is 4.68 Å². The summed E-state index contributed by atoms with van der Waals surface area (Å²) < 4.78 is 8.12. The van der Waals surface area contributed by atoms with Crippen molar-refractivity contribution in [2.75, 3.05) is 6.54 Å². The molecule has 0 aliphatic carbocycles. The molecule has 0 saturated carbocycles. The van der Waals surface area contributed by atoms with Crippen LogP contribution in [0.25, 0.3) is 5.52 Å². The molecule has 1 saturated heterocycles. The first-order valence-corrected chi connectivity index (χ1v) is 8.31. The summed E-state index contributed by atoms with van der Waals surface area (Å²) in [6, 6.07) is 3.44. The van der Waals surface area contributed by atoms with Crippen LogP contribution in [0, 0.1) is 13.8 Å². The Morgan fingerprint density at radius 3 is 3.00 bits per heavy atom. The van der Waals surface area contributed by atoms with Crippen molar-refractivity contribution in [1.29, 1.82) is 0 Å². The van der Waals surface area contributed by atoms with E-state index in [1.807, 2.05) is 18.7 Å². The van der Waals surface area contributed by atoms with E-state index >= 15 is 0 Å². The van der Waals surface area contributed by atoms with Gasteiger partial charge in [-0.05, 0) is 38.8 Å². The maximum absolute atomic E-state index is 12.8. The van der Waals surface area contributed by atoms with Gasteiger partial charge in [0.05, 0.1) is 11.7 Å². The Morgan fingerprint density at radius 2 is 2.24 bits per heavy atom. The third kappa shape index (κ3) is 2.54. The van der Waals surface area contributed by atoms with E-state index in [4.69, 9.17) is 4.52 Å². The summed E-state index contributed by atoms with van der Waals surface area (Å²) in [5.74, 6) is 0.625. The van der Waals surface area contributed by atoms with Crippen LogP contribution in [0.1, 0.15) is 35.9 Å². The maximum atomic E-state index is 12.8. The fraction of sp³-hybridized carbons (Fsp3) is 0.412. The molecular formula is C17H19N5O3. The smallest absolute Gasteiger partial charge is 0.291 e. The largest absolute Gasteiger partial charge is 0.361 e. The molecule has 1 unspecified atom stereocenters. The van der Waals surface area contributed by atoms with Crippen LogP contribution in [0.2, 0.25) is 0 Å². The summed E-state index contributed by atoms with van der Waals surface area (Å²) >= 11 is 0. The number of fused-ring (bicyclic) bond motifs is 1. The van der Waals surface area contributed by atoms with Crippen molar-refractivity contribution >= 4 is 11.4 Å². The van der Waals surface area contributed by atoms with Crippen molar-refractivity contribution in [3.05, 3.63) is 52.0 Å². The Balaban J connectivity index is 1.61. The zero-order valence-electron chi connectivity index (χ0n) is 14.2. The number of likely N-dealkylation sites (tertiary alicyclic amines) is 1. The number of amides is 1. The Kier molecular flexibility index (Phi) is 3.67. The van der Waals surface area contributed by atoms with Gasteiger partial charge in [0, 0.05) is 18.3 Å². The average molecular weight is 341 g/mol. The highest BCUT2D eigenvalue weighted by atomic mass is 16.5. The quantitative estimate of drug-likeness (QED) is 0.720. The molecule has 0 radical (unpaired) electrons. The topological polar surface area (TPSA) is 85.6 Å². The minimum absolute atomic E-state index is 0.0496. The molecule has 4 rings (SSSR count). The van der Waals surface area contributed by atoms with Gasteiger partial charge in [0.25, 0.3) is 5.56 Å². The van der Waals surface area contributed by atoms with Gasteiger partial charge in [-0.3, -0.25) is 9.59 Å². The molecule has 130 valence electrons. The fourth-order valence-corrected chi connectivity index (χ4v) is 3.64. The van der Waals surface area contributed by atoms with Crippen LogP contribution in [-0.4, -0.2) is 36.7 Å². The van der Waals surface area contributed by atoms with Crippen LogP contribution in [-0.2, 0) is 11.3 Å². The molecular weight excluding hydrogens is 322 g/mol. The van der Waals surface area contributed by atoms with Crippen LogP contribution in [0.15, 0.2) is 34.0 Å². The van der Waals surface area contributed by atoms with Gasteiger partial charge in [-0.1, -0.05) is 5.16 Å². The highest BCUT2D eigenvalue weighted by Crippen LogP contribution is 2.35. The van der Waals surface area contributed by atoms with Gasteiger partial charge in [-0.15, -0.1) is 0 Å². The van der Waals surface area contributed by atoms with E-state index in [1.165, 1.54) is 4.68 Å². The highest BCUT2D eigenvalue weighted by molar-refractivity contribution is 5.77. The molecule has 3 aromatic rings. The van der Waals surface area contributed by atoms with Crippen molar-refractivity contribution in [3.8, 4) is 0 Å². The Labute approximate surface area is 143 Å². The lowest BCUT2D eigenvalue weighted by atomic mass is 10.0. The minimum atomic E-state index is -0.270. The molecule has 0 bridgehead atoms. The van der Waals surface area contributed by atoms with Crippen molar-refractivity contribution < 1.29 is 9.32 Å². The van der Waals surface area contributed by atoms with E-state index in [0.29, 0.717) is 12.1 Å². The predicted octanol–water partition coefficient (Wildman–Crippen LogP) is 1.46. The molecule has 1 aliphatic rings. The first-order valence-electron chi connectivity index (χ1n) is 8.31. The van der Waals surface area contributed by atoms with Crippen LogP contribution >= 0.6 is 0 Å². The highest BCUT2D eigenvalue weighted by Gasteiger charge is 2.34. The molecule has 0 N–H and O–H groups in total. The number of carbonyl (C=O) groups excluding carboxylic acids is 1. The van der Waals surface area contributed by atoms with Gasteiger partial charge in [0.15, 0.2) is 0 Å². The summed E-state index contributed by atoms with van der Waals surface area (Å²) in [6.45, 7) is 4.35. The fourth-order valence-electron chi connectivity index (χ4n) is 3.64. The van der Waals surface area contributed by atoms with E-state index in [-0.39, 0.29) is 24.1 Å². The van der Waals surface area contributed by atoms with E-state index in [2.05, 4.69) is 10.3 Å². The zero-order valence-corrected chi connectivity index (χ0v) is 14.2. The molecule has 0 aromatic carbocycles. The summed E-state index contributed by atoms with van der Waals surface area (Å²) in [7, 11) is 0. The first kappa shape index (κ1) is 15.6. The molecule has 0 spiro atoms. The number of aromatic nitrogens is 4. The predicted molar refractivity (Wildman–Crippen MR) is 89.1 cm³/mol. The molecule has 1 atom stereocenters. The number of hydrogen-bond donors (Lipinski definition) is 0. The summed E-state index contributed by atoms with van der Waals surface area (Å²) in [6.07, 6.45) is 5.08. The summed E-state index contributed by atoms with van der Waals surface area (Å²) in [5.41, 5.74) is 2.03. The molecule has 1 aliphatic heterocycles. The van der Waals surface area contributed by atoms with E-state index in [0.717, 1.165) is 29.9 Å². The minimum Gasteiger partial charge on any atom is -0.361 e. The molecule has 4 heterocycles. The van der Waals surface area contributed by atoms with E-state index < -0.39 is 0 Å². The monoisotopic (exact) mass is 341 g/mol. The van der Waals surface area contributed by atoms with Crippen molar-refractivity contribution in [2.24, 2.45) is 0 Å². The number of nitrogens with zero attached hydrogens (tertiary/aromatic N) is 5. The second-order valence-electron chi connectivity index (χ2n) is 6.38. The van der Waals surface area contributed by atoms with Gasteiger partial charge < -0.3 is 13.8 Å². The Hall–Kier alpha value is -2.90. The van der Waals surface area contributed by atoms with Crippen molar-refractivity contribution in [3.63, 3.8) is 0 Å². The Bertz CT molecular complexity index is 980. The number of aryl methyl sites for hydroxylation is 2.